The molecule has 0 atom stereocenters. The van der Waals surface area contributed by atoms with E-state index in [0.29, 0.717) is 0 Å². The molecule has 0 saturated carbocycles. The summed E-state index contributed by atoms with van der Waals surface area (Å²) in [5.41, 5.74) is 0. The third-order valence-electron chi connectivity index (χ3n) is 0.490. The molecule has 0 bridgehead atoms. The molecule has 1 nitrogen and oxygen atoms in total. The van der Waals surface area contributed by atoms with Crippen molar-refractivity contribution in [3.63, 3.8) is 0 Å². The van der Waals surface area contributed by atoms with Crippen molar-refractivity contribution in [1.29, 1.82) is 0 Å². The molecule has 0 rings (SSSR count). The molecule has 0 aromatic rings. The van der Waals surface area contributed by atoms with Gasteiger partial charge in [-0.05, 0) is 6.11 Å². The van der Waals surface area contributed by atoms with Gasteiger partial charge in [-0.2, -0.15) is 0 Å². The molecular weight excluding hydrogens is 72.9 g/mol. The molecule has 0 aliphatic rings. The summed E-state index contributed by atoms with van der Waals surface area (Å²) in [5, 5.41) is 0. The molecule has 0 aromatic carbocycles. The third-order valence-corrected chi connectivity index (χ3v) is 0.490. The topological polar surface area (TPSA) is 12.4 Å². The van der Waals surface area contributed by atoms with Gasteiger partial charge >= 0.3 is 0 Å². The molecule has 1 radical (unpaired) electrons. The van der Waals surface area contributed by atoms with Crippen LogP contribution in [0.2, 0.25) is 6.32 Å². The van der Waals surface area contributed by atoms with Gasteiger partial charge in [0.15, 0.2) is 7.28 Å². The first-order chi connectivity index (χ1) is 2.91. The summed E-state index contributed by atoms with van der Waals surface area (Å²) >= 11 is 0. The molecule has 6 heavy (non-hydrogen) atoms. The highest BCUT2D eigenvalue weighted by Gasteiger charge is 1.71. The molecule has 0 heterocycles. The van der Waals surface area contributed by atoms with Crippen molar-refractivity contribution in [3.05, 3.63) is 0 Å². The Morgan fingerprint density at radius 3 is 2.67 bits per heavy atom. The number of nitrogens with zero attached hydrogens (tertiary/aromatic N) is 1. The quantitative estimate of drug-likeness (QED) is 0.345. The standard InChI is InChI=1S/C4H9BN/c1-3-5-4-6-2/h4H,3H2,1-2H3. The number of aliphatic imine (C=N–C) groups is 1. The largest absolute Gasteiger partial charge is 0.311 e. The third kappa shape index (κ3) is 3.73. The Hall–Kier alpha value is -0.265. The van der Waals surface area contributed by atoms with Gasteiger partial charge in [-0.1, -0.05) is 13.2 Å². The van der Waals surface area contributed by atoms with Gasteiger partial charge in [-0.15, -0.1) is 0 Å². The summed E-state index contributed by atoms with van der Waals surface area (Å²) in [6.07, 6.45) is 2.89. The van der Waals surface area contributed by atoms with Crippen LogP contribution < -0.4 is 0 Å². The van der Waals surface area contributed by atoms with Gasteiger partial charge in [0, 0.05) is 7.05 Å². The monoisotopic (exact) mass is 82.1 g/mol. The van der Waals surface area contributed by atoms with Gasteiger partial charge < -0.3 is 4.99 Å². The van der Waals surface area contributed by atoms with Crippen LogP contribution in [0.3, 0.4) is 0 Å². The van der Waals surface area contributed by atoms with Crippen LogP contribution in [-0.4, -0.2) is 20.4 Å². The van der Waals surface area contributed by atoms with Crippen molar-refractivity contribution in [2.75, 3.05) is 7.05 Å². The fourth-order valence-electron chi connectivity index (χ4n) is 0.211. The molecule has 0 aliphatic carbocycles. The van der Waals surface area contributed by atoms with E-state index < -0.39 is 0 Å². The number of hydrogen-bond donors (Lipinski definition) is 0. The fraction of sp³-hybridized carbons (Fsp3) is 0.750. The smallest absolute Gasteiger partial charge is 0.166 e. The van der Waals surface area contributed by atoms with Gasteiger partial charge in [-0.25, -0.2) is 0 Å². The SMILES string of the molecule is CC[B]C=NC. The second-order valence-corrected chi connectivity index (χ2v) is 1.05. The normalized spacial score (nSPS) is 9.67. The van der Waals surface area contributed by atoms with Gasteiger partial charge in [0.05, 0.1) is 0 Å². The van der Waals surface area contributed by atoms with Crippen molar-refractivity contribution in [2.45, 2.75) is 13.2 Å². The van der Waals surface area contributed by atoms with Crippen molar-refractivity contribution in [2.24, 2.45) is 4.99 Å². The zero-order valence-corrected chi connectivity index (χ0v) is 4.31. The lowest BCUT2D eigenvalue weighted by molar-refractivity contribution is 1.45. The van der Waals surface area contributed by atoms with Crippen LogP contribution in [0.1, 0.15) is 6.92 Å². The summed E-state index contributed by atoms with van der Waals surface area (Å²) in [7, 11) is 3.78. The Balaban J connectivity index is 2.66. The molecule has 0 N–H and O–H groups in total. The minimum Gasteiger partial charge on any atom is -0.311 e. The van der Waals surface area contributed by atoms with Crippen LogP contribution in [0.15, 0.2) is 4.99 Å². The Morgan fingerprint density at radius 2 is 2.50 bits per heavy atom. The zero-order valence-electron chi connectivity index (χ0n) is 4.31. The molecule has 2 heteroatoms. The molecule has 0 spiro atoms. The Morgan fingerprint density at radius 1 is 1.83 bits per heavy atom. The van der Waals surface area contributed by atoms with E-state index in [-0.39, 0.29) is 0 Å². The van der Waals surface area contributed by atoms with Gasteiger partial charge in [0.2, 0.25) is 0 Å². The molecule has 0 fully saturated rings. The van der Waals surface area contributed by atoms with Gasteiger partial charge in [-0.3, -0.25) is 0 Å². The number of rotatable bonds is 2. The summed E-state index contributed by atoms with van der Waals surface area (Å²) < 4.78 is 0. The van der Waals surface area contributed by atoms with Crippen LogP contribution in [0, 0.1) is 0 Å². The van der Waals surface area contributed by atoms with Crippen LogP contribution in [-0.2, 0) is 0 Å². The highest BCUT2D eigenvalue weighted by atomic mass is 14.6. The molecular formula is C4H9BN. The predicted molar refractivity (Wildman–Crippen MR) is 30.7 cm³/mol. The predicted octanol–water partition coefficient (Wildman–Crippen LogP) is 0.787. The highest BCUT2D eigenvalue weighted by Crippen LogP contribution is 1.65. The van der Waals surface area contributed by atoms with E-state index in [1.807, 2.05) is 7.28 Å². The second-order valence-electron chi connectivity index (χ2n) is 1.05. The van der Waals surface area contributed by atoms with Crippen LogP contribution >= 0.6 is 0 Å². The van der Waals surface area contributed by atoms with E-state index in [4.69, 9.17) is 0 Å². The maximum Gasteiger partial charge on any atom is 0.166 e. The maximum atomic E-state index is 3.74. The van der Waals surface area contributed by atoms with E-state index in [1.165, 1.54) is 0 Å². The molecule has 0 amide bonds. The summed E-state index contributed by atoms with van der Waals surface area (Å²) in [5.74, 6) is 0. The Labute approximate surface area is 39.7 Å². The Kier molecular flexibility index (Phi) is 4.53. The second kappa shape index (κ2) is 4.73. The van der Waals surface area contributed by atoms with E-state index in [0.717, 1.165) is 6.32 Å². The first kappa shape index (κ1) is 5.73. The average molecular weight is 81.9 g/mol. The van der Waals surface area contributed by atoms with Crippen molar-refractivity contribution < 1.29 is 0 Å². The van der Waals surface area contributed by atoms with Gasteiger partial charge in [0.1, 0.15) is 0 Å². The molecule has 0 aromatic heterocycles. The van der Waals surface area contributed by atoms with E-state index in [9.17, 15) is 0 Å². The summed E-state index contributed by atoms with van der Waals surface area (Å²) in [6, 6.07) is 0. The minimum atomic E-state index is 1.08. The lowest BCUT2D eigenvalue weighted by atomic mass is 9.78. The molecule has 33 valence electrons. The zero-order chi connectivity index (χ0) is 4.83. The van der Waals surface area contributed by atoms with Crippen LogP contribution in [0.5, 0.6) is 0 Å². The lowest BCUT2D eigenvalue weighted by Gasteiger charge is -1.72. The maximum absolute atomic E-state index is 3.74. The van der Waals surface area contributed by atoms with E-state index in [1.54, 1.807) is 13.2 Å². The van der Waals surface area contributed by atoms with Crippen molar-refractivity contribution in [1.82, 2.24) is 0 Å². The first-order valence-corrected chi connectivity index (χ1v) is 2.15. The first-order valence-electron chi connectivity index (χ1n) is 2.15. The van der Waals surface area contributed by atoms with E-state index >= 15 is 0 Å². The van der Waals surface area contributed by atoms with Crippen molar-refractivity contribution in [3.8, 4) is 0 Å². The van der Waals surface area contributed by atoms with E-state index in [2.05, 4.69) is 11.9 Å². The van der Waals surface area contributed by atoms with Crippen molar-refractivity contribution >= 4 is 13.4 Å². The summed E-state index contributed by atoms with van der Waals surface area (Å²) in [4.78, 5) is 3.74. The summed E-state index contributed by atoms with van der Waals surface area (Å²) in [6.45, 7) is 2.08. The minimum absolute atomic E-state index is 1.08. The van der Waals surface area contributed by atoms with Crippen LogP contribution in [0.25, 0.3) is 0 Å². The highest BCUT2D eigenvalue weighted by molar-refractivity contribution is 6.67. The molecule has 0 saturated heterocycles. The van der Waals surface area contributed by atoms with Crippen LogP contribution in [0.4, 0.5) is 0 Å². The lowest BCUT2D eigenvalue weighted by Crippen LogP contribution is -1.84. The number of hydrogen-bond acceptors (Lipinski definition) is 1. The molecule has 0 unspecified atom stereocenters. The molecule has 0 aliphatic heterocycles. The Bertz CT molecular complexity index is 42.8. The average Bonchev–Trinajstić information content (AvgIpc) is 1.61. The van der Waals surface area contributed by atoms with Gasteiger partial charge in [0.25, 0.3) is 0 Å². The fourth-order valence-corrected chi connectivity index (χ4v) is 0.211.